The van der Waals surface area contributed by atoms with Crippen LogP contribution in [0.2, 0.25) is 0 Å². The summed E-state index contributed by atoms with van der Waals surface area (Å²) >= 11 is 0. The SMILES string of the molecule is CCOCC1=Nc2c(N)nc(C)c(C)c2[N+]1(N)Cc1ccccc1. The number of ether oxygens (including phenoxy) is 1. The molecule has 1 atom stereocenters. The number of rotatable bonds is 5. The van der Waals surface area contributed by atoms with E-state index in [1.54, 1.807) is 0 Å². The second-order valence-electron chi connectivity index (χ2n) is 6.08. The Bertz CT molecular complexity index is 788. The third-order valence-corrected chi connectivity index (χ3v) is 4.46. The highest BCUT2D eigenvalue weighted by Gasteiger charge is 2.45. The molecule has 0 fully saturated rings. The fourth-order valence-corrected chi connectivity index (χ4v) is 3.12. The number of aliphatic imine (C=N–C) groups is 1. The van der Waals surface area contributed by atoms with Gasteiger partial charge in [-0.25, -0.2) is 4.98 Å². The molecule has 126 valence electrons. The number of nitrogens with two attached hydrogens (primary N) is 2. The van der Waals surface area contributed by atoms with Crippen LogP contribution in [0.1, 0.15) is 23.7 Å². The monoisotopic (exact) mass is 326 g/mol. The Kier molecular flexibility index (Phi) is 4.36. The van der Waals surface area contributed by atoms with Crippen molar-refractivity contribution in [2.45, 2.75) is 27.3 Å². The minimum atomic E-state index is 0.0821. The lowest BCUT2D eigenvalue weighted by molar-refractivity contribution is 0.177. The summed E-state index contributed by atoms with van der Waals surface area (Å²) in [7, 11) is 0. The van der Waals surface area contributed by atoms with Crippen molar-refractivity contribution in [3.05, 3.63) is 47.2 Å². The zero-order valence-electron chi connectivity index (χ0n) is 14.4. The molecule has 1 unspecified atom stereocenters. The predicted octanol–water partition coefficient (Wildman–Crippen LogP) is 2.74. The van der Waals surface area contributed by atoms with Crippen molar-refractivity contribution in [1.29, 1.82) is 0 Å². The summed E-state index contributed by atoms with van der Waals surface area (Å²) in [6.45, 7) is 7.47. The Morgan fingerprint density at radius 2 is 1.88 bits per heavy atom. The minimum absolute atomic E-state index is 0.0821. The summed E-state index contributed by atoms with van der Waals surface area (Å²) < 4.78 is 5.69. The number of pyridine rings is 1. The molecular formula is C18H24N5O+. The molecule has 0 saturated carbocycles. The van der Waals surface area contributed by atoms with Crippen LogP contribution < -0.4 is 16.2 Å². The average molecular weight is 326 g/mol. The number of amidine groups is 1. The van der Waals surface area contributed by atoms with Gasteiger partial charge >= 0.3 is 0 Å². The second kappa shape index (κ2) is 6.32. The van der Waals surface area contributed by atoms with E-state index in [9.17, 15) is 0 Å². The number of aryl methyl sites for hydroxylation is 1. The molecule has 2 heterocycles. The molecule has 0 spiro atoms. The van der Waals surface area contributed by atoms with Gasteiger partial charge in [0.15, 0.2) is 17.2 Å². The van der Waals surface area contributed by atoms with E-state index < -0.39 is 0 Å². The molecule has 1 aromatic carbocycles. The van der Waals surface area contributed by atoms with Crippen LogP contribution in [0.15, 0.2) is 35.3 Å². The smallest absolute Gasteiger partial charge is 0.254 e. The molecule has 0 radical (unpaired) electrons. The fraction of sp³-hybridized carbons (Fsp3) is 0.333. The van der Waals surface area contributed by atoms with Gasteiger partial charge in [0.25, 0.3) is 5.84 Å². The number of quaternary nitrogens is 1. The summed E-state index contributed by atoms with van der Waals surface area (Å²) in [5.74, 6) is 8.04. The maximum Gasteiger partial charge on any atom is 0.254 e. The van der Waals surface area contributed by atoms with Crippen LogP contribution >= 0.6 is 0 Å². The zero-order chi connectivity index (χ0) is 17.3. The van der Waals surface area contributed by atoms with Crippen LogP contribution in [0.4, 0.5) is 17.2 Å². The number of hydrogen-bond donors (Lipinski definition) is 2. The topological polar surface area (TPSA) is 86.5 Å². The Balaban J connectivity index is 2.13. The van der Waals surface area contributed by atoms with Crippen molar-refractivity contribution >= 4 is 23.0 Å². The first-order valence-electron chi connectivity index (χ1n) is 8.11. The highest BCUT2D eigenvalue weighted by atomic mass is 16.5. The first-order chi connectivity index (χ1) is 11.5. The van der Waals surface area contributed by atoms with Crippen LogP contribution in [0.3, 0.4) is 0 Å². The summed E-state index contributed by atoms with van der Waals surface area (Å²) in [5, 5.41) is 0. The van der Waals surface area contributed by atoms with Gasteiger partial charge in [-0.1, -0.05) is 30.3 Å². The number of anilines is 1. The van der Waals surface area contributed by atoms with E-state index in [0.29, 0.717) is 31.3 Å². The van der Waals surface area contributed by atoms with Crippen molar-refractivity contribution in [3.63, 3.8) is 0 Å². The van der Waals surface area contributed by atoms with Crippen molar-refractivity contribution < 1.29 is 4.74 Å². The maximum absolute atomic E-state index is 6.87. The van der Waals surface area contributed by atoms with Gasteiger partial charge in [0.2, 0.25) is 0 Å². The lowest BCUT2D eigenvalue weighted by Crippen LogP contribution is -2.59. The Hall–Kier alpha value is -2.28. The summed E-state index contributed by atoms with van der Waals surface area (Å²) in [6, 6.07) is 10.1. The van der Waals surface area contributed by atoms with Crippen LogP contribution in [-0.4, -0.2) is 24.0 Å². The number of benzene rings is 1. The molecule has 1 aromatic heterocycles. The predicted molar refractivity (Wildman–Crippen MR) is 97.8 cm³/mol. The molecule has 2 aromatic rings. The second-order valence-corrected chi connectivity index (χ2v) is 6.08. The van der Waals surface area contributed by atoms with Crippen LogP contribution in [-0.2, 0) is 11.3 Å². The van der Waals surface area contributed by atoms with E-state index in [-0.39, 0.29) is 4.59 Å². The maximum atomic E-state index is 6.87. The molecule has 0 bridgehead atoms. The lowest BCUT2D eigenvalue weighted by Gasteiger charge is -2.30. The van der Waals surface area contributed by atoms with Crippen LogP contribution in [0.5, 0.6) is 0 Å². The molecule has 6 heteroatoms. The number of nitrogen functional groups attached to an aromatic ring is 1. The van der Waals surface area contributed by atoms with Crippen molar-refractivity contribution in [1.82, 2.24) is 9.58 Å². The minimum Gasteiger partial charge on any atom is -0.382 e. The van der Waals surface area contributed by atoms with Gasteiger partial charge < -0.3 is 10.5 Å². The largest absolute Gasteiger partial charge is 0.382 e. The molecule has 1 aliphatic heterocycles. The Labute approximate surface area is 142 Å². The first-order valence-corrected chi connectivity index (χ1v) is 8.11. The molecule has 4 N–H and O–H groups in total. The van der Waals surface area contributed by atoms with E-state index in [1.807, 2.05) is 39.0 Å². The standard InChI is InChI=1S/C18H24N5O/c1-4-24-11-15-22-16-17(12(2)13(3)21-18(16)19)23(15,20)10-14-8-6-5-7-9-14/h5-9H,4,10-11,20H2,1-3H3,(H2,19,21)/q+1. The van der Waals surface area contributed by atoms with Gasteiger partial charge in [0.1, 0.15) is 13.2 Å². The van der Waals surface area contributed by atoms with Gasteiger partial charge in [-0.3, -0.25) is 0 Å². The molecule has 0 saturated heterocycles. The van der Waals surface area contributed by atoms with Crippen molar-refractivity contribution in [2.24, 2.45) is 10.8 Å². The normalized spacial score (nSPS) is 19.2. The first kappa shape index (κ1) is 16.6. The Morgan fingerprint density at radius 1 is 1.17 bits per heavy atom. The zero-order valence-corrected chi connectivity index (χ0v) is 14.4. The molecule has 1 aliphatic rings. The fourth-order valence-electron chi connectivity index (χ4n) is 3.12. The number of aromatic nitrogens is 1. The molecule has 3 rings (SSSR count). The number of hydrogen-bond acceptors (Lipinski definition) is 5. The van der Waals surface area contributed by atoms with Gasteiger partial charge in [0, 0.05) is 23.4 Å². The molecule has 0 aliphatic carbocycles. The van der Waals surface area contributed by atoms with E-state index >= 15 is 0 Å². The van der Waals surface area contributed by atoms with Gasteiger partial charge in [-0.2, -0.15) is 15.4 Å². The van der Waals surface area contributed by atoms with Crippen molar-refractivity contribution in [3.8, 4) is 0 Å². The highest BCUT2D eigenvalue weighted by molar-refractivity contribution is 6.05. The average Bonchev–Trinajstić information content (AvgIpc) is 2.85. The number of nitrogens with zero attached hydrogens (tertiary/aromatic N) is 3. The third kappa shape index (κ3) is 2.69. The summed E-state index contributed by atoms with van der Waals surface area (Å²) in [5.41, 5.74) is 10.7. The van der Waals surface area contributed by atoms with E-state index in [4.69, 9.17) is 21.3 Å². The molecular weight excluding hydrogens is 302 g/mol. The highest BCUT2D eigenvalue weighted by Crippen LogP contribution is 2.45. The number of fused-ring (bicyclic) bond motifs is 1. The molecule has 6 nitrogen and oxygen atoms in total. The quantitative estimate of drug-likeness (QED) is 0.653. The molecule has 0 amide bonds. The lowest BCUT2D eigenvalue weighted by atomic mass is 10.1. The third-order valence-electron chi connectivity index (χ3n) is 4.46. The van der Waals surface area contributed by atoms with E-state index in [2.05, 4.69) is 17.1 Å². The van der Waals surface area contributed by atoms with Crippen LogP contribution in [0, 0.1) is 13.8 Å². The van der Waals surface area contributed by atoms with E-state index in [0.717, 1.165) is 28.3 Å². The van der Waals surface area contributed by atoms with E-state index in [1.165, 1.54) is 0 Å². The Morgan fingerprint density at radius 3 is 2.54 bits per heavy atom. The van der Waals surface area contributed by atoms with Crippen LogP contribution in [0.25, 0.3) is 0 Å². The van der Waals surface area contributed by atoms with Crippen molar-refractivity contribution in [2.75, 3.05) is 18.9 Å². The summed E-state index contributed by atoms with van der Waals surface area (Å²) in [4.78, 5) is 9.09. The summed E-state index contributed by atoms with van der Waals surface area (Å²) in [6.07, 6.45) is 0. The van der Waals surface area contributed by atoms with Gasteiger partial charge in [0.05, 0.1) is 0 Å². The van der Waals surface area contributed by atoms with Gasteiger partial charge in [-0.15, -0.1) is 0 Å². The molecule has 24 heavy (non-hydrogen) atoms. The van der Waals surface area contributed by atoms with Gasteiger partial charge in [-0.05, 0) is 20.8 Å².